The number of anilines is 2. The molecule has 2 amide bonds. The number of hydrazone groups is 1. The summed E-state index contributed by atoms with van der Waals surface area (Å²) in [5.41, 5.74) is 4.63. The average molecular weight is 310 g/mol. The van der Waals surface area contributed by atoms with Crippen LogP contribution in [0, 0.1) is 0 Å². The minimum atomic E-state index is -0.824. The zero-order valence-corrected chi connectivity index (χ0v) is 13.0. The van der Waals surface area contributed by atoms with Gasteiger partial charge in [-0.1, -0.05) is 30.3 Å². The molecule has 0 aliphatic carbocycles. The topological polar surface area (TPSA) is 73.8 Å². The first kappa shape index (κ1) is 16.2. The highest BCUT2D eigenvalue weighted by Gasteiger charge is 2.12. The maximum absolute atomic E-state index is 11.7. The Morgan fingerprint density at radius 2 is 1.61 bits per heavy atom. The van der Waals surface area contributed by atoms with E-state index in [2.05, 4.69) is 15.8 Å². The fourth-order valence-corrected chi connectivity index (χ4v) is 1.78. The van der Waals surface area contributed by atoms with Crippen LogP contribution in [0.5, 0.6) is 0 Å². The summed E-state index contributed by atoms with van der Waals surface area (Å²) < 4.78 is 0. The fourth-order valence-electron chi connectivity index (χ4n) is 1.78. The third-order valence-corrected chi connectivity index (χ3v) is 3.03. The van der Waals surface area contributed by atoms with Crippen LogP contribution in [-0.4, -0.2) is 32.1 Å². The van der Waals surface area contributed by atoms with Gasteiger partial charge < -0.3 is 10.2 Å². The number of nitrogens with zero attached hydrogens (tertiary/aromatic N) is 2. The standard InChI is InChI=1S/C17H18N4O2/c1-21(2)15-10-8-13(9-11-15)12-18-20-17(23)16(22)19-14-6-4-3-5-7-14/h3-12H,1-2H3,(H,19,22)(H,20,23)/b18-12-. The summed E-state index contributed by atoms with van der Waals surface area (Å²) in [5, 5.41) is 6.26. The van der Waals surface area contributed by atoms with Crippen molar-refractivity contribution in [3.8, 4) is 0 Å². The van der Waals surface area contributed by atoms with Crippen molar-refractivity contribution >= 4 is 29.4 Å². The van der Waals surface area contributed by atoms with E-state index in [0.717, 1.165) is 11.3 Å². The molecule has 2 N–H and O–H groups in total. The quantitative estimate of drug-likeness (QED) is 0.514. The van der Waals surface area contributed by atoms with Crippen molar-refractivity contribution in [1.82, 2.24) is 5.43 Å². The van der Waals surface area contributed by atoms with E-state index in [1.54, 1.807) is 24.3 Å². The smallest absolute Gasteiger partial charge is 0.329 e. The van der Waals surface area contributed by atoms with Crippen molar-refractivity contribution in [1.29, 1.82) is 0 Å². The van der Waals surface area contributed by atoms with Gasteiger partial charge in [0.2, 0.25) is 0 Å². The van der Waals surface area contributed by atoms with Gasteiger partial charge in [-0.05, 0) is 29.8 Å². The molecule has 6 heteroatoms. The Kier molecular flexibility index (Phi) is 5.46. The molecular formula is C17H18N4O2. The maximum Gasteiger partial charge on any atom is 0.329 e. The summed E-state index contributed by atoms with van der Waals surface area (Å²) in [7, 11) is 3.91. The highest BCUT2D eigenvalue weighted by molar-refractivity contribution is 6.39. The van der Waals surface area contributed by atoms with Gasteiger partial charge >= 0.3 is 11.8 Å². The molecular weight excluding hydrogens is 292 g/mol. The minimum absolute atomic E-state index is 0.552. The zero-order valence-electron chi connectivity index (χ0n) is 13.0. The molecule has 6 nitrogen and oxygen atoms in total. The average Bonchev–Trinajstić information content (AvgIpc) is 2.56. The summed E-state index contributed by atoms with van der Waals surface area (Å²) in [4.78, 5) is 25.3. The van der Waals surface area contributed by atoms with E-state index in [4.69, 9.17) is 0 Å². The predicted octanol–water partition coefficient (Wildman–Crippen LogP) is 1.84. The third-order valence-electron chi connectivity index (χ3n) is 3.03. The number of carbonyl (C=O) groups excluding carboxylic acids is 2. The normalized spacial score (nSPS) is 10.3. The molecule has 0 radical (unpaired) electrons. The lowest BCUT2D eigenvalue weighted by atomic mass is 10.2. The molecule has 0 bridgehead atoms. The van der Waals surface area contributed by atoms with Crippen molar-refractivity contribution in [2.45, 2.75) is 0 Å². The summed E-state index contributed by atoms with van der Waals surface area (Å²) in [6.07, 6.45) is 1.48. The third kappa shape index (κ3) is 4.96. The number of benzene rings is 2. The second-order valence-corrected chi connectivity index (χ2v) is 5.01. The second kappa shape index (κ2) is 7.74. The van der Waals surface area contributed by atoms with Crippen LogP contribution in [-0.2, 0) is 9.59 Å². The van der Waals surface area contributed by atoms with Gasteiger partial charge in [0.25, 0.3) is 0 Å². The van der Waals surface area contributed by atoms with Crippen molar-refractivity contribution in [3.05, 3.63) is 60.2 Å². The first-order valence-electron chi connectivity index (χ1n) is 7.03. The van der Waals surface area contributed by atoms with E-state index < -0.39 is 11.8 Å². The second-order valence-electron chi connectivity index (χ2n) is 5.01. The molecule has 2 rings (SSSR count). The Hall–Kier alpha value is -3.15. The number of hydrogen-bond donors (Lipinski definition) is 2. The molecule has 0 aliphatic heterocycles. The summed E-state index contributed by atoms with van der Waals surface area (Å²) in [5.74, 6) is -1.59. The van der Waals surface area contributed by atoms with E-state index in [9.17, 15) is 9.59 Å². The maximum atomic E-state index is 11.7. The van der Waals surface area contributed by atoms with Crippen LogP contribution >= 0.6 is 0 Å². The van der Waals surface area contributed by atoms with Crippen LogP contribution in [0.1, 0.15) is 5.56 Å². The Labute approximate surface area is 134 Å². The summed E-state index contributed by atoms with van der Waals surface area (Å²) in [6, 6.07) is 16.4. The van der Waals surface area contributed by atoms with E-state index in [0.29, 0.717) is 5.69 Å². The van der Waals surface area contributed by atoms with E-state index in [1.807, 2.05) is 49.3 Å². The van der Waals surface area contributed by atoms with Gasteiger partial charge in [0, 0.05) is 25.5 Å². The van der Waals surface area contributed by atoms with Gasteiger partial charge in [0.1, 0.15) is 0 Å². The number of amides is 2. The SMILES string of the molecule is CN(C)c1ccc(/C=N\NC(=O)C(=O)Nc2ccccc2)cc1. The molecule has 118 valence electrons. The molecule has 23 heavy (non-hydrogen) atoms. The lowest BCUT2D eigenvalue weighted by Crippen LogP contribution is -2.32. The number of nitrogens with one attached hydrogen (secondary N) is 2. The minimum Gasteiger partial charge on any atom is -0.378 e. The number of carbonyl (C=O) groups is 2. The van der Waals surface area contributed by atoms with Gasteiger partial charge in [-0.25, -0.2) is 5.43 Å². The van der Waals surface area contributed by atoms with Crippen LogP contribution in [0.2, 0.25) is 0 Å². The van der Waals surface area contributed by atoms with E-state index >= 15 is 0 Å². The van der Waals surface area contributed by atoms with Crippen molar-refractivity contribution < 1.29 is 9.59 Å². The molecule has 0 unspecified atom stereocenters. The largest absolute Gasteiger partial charge is 0.378 e. The molecule has 2 aromatic rings. The molecule has 0 fully saturated rings. The highest BCUT2D eigenvalue weighted by atomic mass is 16.2. The van der Waals surface area contributed by atoms with Gasteiger partial charge in [-0.15, -0.1) is 0 Å². The Balaban J connectivity index is 1.87. The summed E-state index contributed by atoms with van der Waals surface area (Å²) in [6.45, 7) is 0. The summed E-state index contributed by atoms with van der Waals surface area (Å²) >= 11 is 0. The van der Waals surface area contributed by atoms with Crippen molar-refractivity contribution in [3.63, 3.8) is 0 Å². The molecule has 0 atom stereocenters. The van der Waals surface area contributed by atoms with Crippen molar-refractivity contribution in [2.75, 3.05) is 24.3 Å². The number of hydrogen-bond acceptors (Lipinski definition) is 4. The monoisotopic (exact) mass is 310 g/mol. The molecule has 0 aliphatic rings. The van der Waals surface area contributed by atoms with Crippen LogP contribution in [0.25, 0.3) is 0 Å². The van der Waals surface area contributed by atoms with Gasteiger partial charge in [0.15, 0.2) is 0 Å². The molecule has 0 saturated heterocycles. The highest BCUT2D eigenvalue weighted by Crippen LogP contribution is 2.10. The first-order valence-corrected chi connectivity index (χ1v) is 7.03. The molecule has 0 aromatic heterocycles. The van der Waals surface area contributed by atoms with Crippen molar-refractivity contribution in [2.24, 2.45) is 5.10 Å². The first-order chi connectivity index (χ1) is 11.1. The van der Waals surface area contributed by atoms with Gasteiger partial charge in [0.05, 0.1) is 6.21 Å². The van der Waals surface area contributed by atoms with Crippen LogP contribution in [0.3, 0.4) is 0 Å². The Morgan fingerprint density at radius 1 is 0.957 bits per heavy atom. The van der Waals surface area contributed by atoms with Crippen LogP contribution in [0.15, 0.2) is 59.7 Å². The molecule has 0 spiro atoms. The fraction of sp³-hybridized carbons (Fsp3) is 0.118. The van der Waals surface area contributed by atoms with Gasteiger partial charge in [-0.2, -0.15) is 5.10 Å². The van der Waals surface area contributed by atoms with Crippen LogP contribution < -0.4 is 15.6 Å². The molecule has 0 saturated carbocycles. The lowest BCUT2D eigenvalue weighted by molar-refractivity contribution is -0.136. The predicted molar refractivity (Wildman–Crippen MR) is 91.6 cm³/mol. The van der Waals surface area contributed by atoms with E-state index in [-0.39, 0.29) is 0 Å². The van der Waals surface area contributed by atoms with E-state index in [1.165, 1.54) is 6.21 Å². The lowest BCUT2D eigenvalue weighted by Gasteiger charge is -2.11. The van der Waals surface area contributed by atoms with Gasteiger partial charge in [-0.3, -0.25) is 9.59 Å². The number of rotatable bonds is 4. The molecule has 0 heterocycles. The molecule has 2 aromatic carbocycles. The zero-order chi connectivity index (χ0) is 16.7. The Bertz CT molecular complexity index is 694. The Morgan fingerprint density at radius 3 is 2.22 bits per heavy atom. The number of para-hydroxylation sites is 1. The van der Waals surface area contributed by atoms with Crippen LogP contribution in [0.4, 0.5) is 11.4 Å².